The molecule has 0 radical (unpaired) electrons. The lowest BCUT2D eigenvalue weighted by Gasteiger charge is -2.30. The molecule has 19 heavy (non-hydrogen) atoms. The van der Waals surface area contributed by atoms with Crippen molar-refractivity contribution in [3.05, 3.63) is 28.2 Å². The highest BCUT2D eigenvalue weighted by Crippen LogP contribution is 2.29. The Kier molecular flexibility index (Phi) is 5.67. The van der Waals surface area contributed by atoms with Gasteiger partial charge >= 0.3 is 0 Å². The average molecular weight is 328 g/mol. The summed E-state index contributed by atoms with van der Waals surface area (Å²) in [5.74, 6) is 1.34. The molecule has 2 unspecified atom stereocenters. The van der Waals surface area contributed by atoms with Crippen molar-refractivity contribution in [1.29, 1.82) is 0 Å². The molecule has 0 heterocycles. The van der Waals surface area contributed by atoms with Crippen LogP contribution in [0.3, 0.4) is 0 Å². The Hall–Kier alpha value is -0.580. The molecule has 0 aromatic heterocycles. The van der Waals surface area contributed by atoms with E-state index in [2.05, 4.69) is 21.2 Å². The molecule has 0 aliphatic heterocycles. The molecule has 1 aliphatic rings. The first-order chi connectivity index (χ1) is 9.20. The predicted octanol–water partition coefficient (Wildman–Crippen LogP) is 3.04. The summed E-state index contributed by atoms with van der Waals surface area (Å²) in [6, 6.07) is 5.48. The standard InChI is InChI=1S/C15H22BrNO2/c16-14-5-6-15(19)13(7-14)9-17-8-11-3-1-2-4-12(11)10-18/h5-7,11-12,17-19H,1-4,8-10H2. The van der Waals surface area contributed by atoms with E-state index in [4.69, 9.17) is 0 Å². The number of rotatable bonds is 5. The van der Waals surface area contributed by atoms with E-state index in [0.717, 1.165) is 23.0 Å². The van der Waals surface area contributed by atoms with Crippen LogP contribution >= 0.6 is 15.9 Å². The van der Waals surface area contributed by atoms with Gasteiger partial charge in [-0.3, -0.25) is 0 Å². The van der Waals surface area contributed by atoms with Crippen LogP contribution in [0.5, 0.6) is 5.75 Å². The number of aliphatic hydroxyl groups excluding tert-OH is 1. The zero-order valence-corrected chi connectivity index (χ0v) is 12.7. The summed E-state index contributed by atoms with van der Waals surface area (Å²) in [5, 5.41) is 22.6. The molecule has 1 fully saturated rings. The van der Waals surface area contributed by atoms with E-state index < -0.39 is 0 Å². The second-order valence-corrected chi connectivity index (χ2v) is 6.31. The maximum absolute atomic E-state index is 9.77. The summed E-state index contributed by atoms with van der Waals surface area (Å²) in [5.41, 5.74) is 0.908. The van der Waals surface area contributed by atoms with Gasteiger partial charge in [0.25, 0.3) is 0 Å². The number of hydrogen-bond donors (Lipinski definition) is 3. The Morgan fingerprint density at radius 2 is 1.95 bits per heavy atom. The highest BCUT2D eigenvalue weighted by molar-refractivity contribution is 9.10. The van der Waals surface area contributed by atoms with Crippen molar-refractivity contribution in [1.82, 2.24) is 5.32 Å². The van der Waals surface area contributed by atoms with E-state index in [1.54, 1.807) is 6.07 Å². The lowest BCUT2D eigenvalue weighted by atomic mass is 9.79. The Bertz CT molecular complexity index is 411. The van der Waals surface area contributed by atoms with Crippen molar-refractivity contribution in [3.8, 4) is 5.75 Å². The Morgan fingerprint density at radius 3 is 2.68 bits per heavy atom. The first-order valence-corrected chi connectivity index (χ1v) is 7.79. The fourth-order valence-electron chi connectivity index (χ4n) is 2.88. The fourth-order valence-corrected chi connectivity index (χ4v) is 3.29. The quantitative estimate of drug-likeness (QED) is 0.779. The van der Waals surface area contributed by atoms with Crippen LogP contribution in [0.4, 0.5) is 0 Å². The minimum Gasteiger partial charge on any atom is -0.508 e. The van der Waals surface area contributed by atoms with Crippen LogP contribution in [0, 0.1) is 11.8 Å². The molecule has 0 saturated heterocycles. The molecule has 0 spiro atoms. The number of hydrogen-bond acceptors (Lipinski definition) is 3. The summed E-state index contributed by atoms with van der Waals surface area (Å²) >= 11 is 3.41. The van der Waals surface area contributed by atoms with Crippen molar-refractivity contribution in [2.75, 3.05) is 13.2 Å². The third-order valence-electron chi connectivity index (χ3n) is 4.06. The van der Waals surface area contributed by atoms with Crippen molar-refractivity contribution in [3.63, 3.8) is 0 Å². The van der Waals surface area contributed by atoms with Gasteiger partial charge in [0.1, 0.15) is 5.75 Å². The molecule has 2 rings (SSSR count). The van der Waals surface area contributed by atoms with Crippen LogP contribution in [0.15, 0.2) is 22.7 Å². The minimum atomic E-state index is 0.300. The van der Waals surface area contributed by atoms with Gasteiger partial charge in [0.2, 0.25) is 0 Å². The van der Waals surface area contributed by atoms with Gasteiger partial charge in [-0.25, -0.2) is 0 Å². The zero-order chi connectivity index (χ0) is 13.7. The second-order valence-electron chi connectivity index (χ2n) is 5.39. The fraction of sp³-hybridized carbons (Fsp3) is 0.600. The van der Waals surface area contributed by atoms with Crippen molar-refractivity contribution in [2.45, 2.75) is 32.2 Å². The van der Waals surface area contributed by atoms with Gasteiger partial charge in [0, 0.05) is 23.2 Å². The molecule has 4 heteroatoms. The molecule has 3 nitrogen and oxygen atoms in total. The molecule has 1 aliphatic carbocycles. The molecule has 3 N–H and O–H groups in total. The van der Waals surface area contributed by atoms with Gasteiger partial charge in [-0.15, -0.1) is 0 Å². The summed E-state index contributed by atoms with van der Waals surface area (Å²) in [4.78, 5) is 0. The van der Waals surface area contributed by atoms with E-state index in [9.17, 15) is 10.2 Å². The van der Waals surface area contributed by atoms with Crippen molar-refractivity contribution >= 4 is 15.9 Å². The topological polar surface area (TPSA) is 52.5 Å². The van der Waals surface area contributed by atoms with Gasteiger partial charge in [0.15, 0.2) is 0 Å². The number of phenolic OH excluding ortho intramolecular Hbond substituents is 1. The van der Waals surface area contributed by atoms with Crippen LogP contribution in [0.25, 0.3) is 0 Å². The van der Waals surface area contributed by atoms with Gasteiger partial charge in [-0.2, -0.15) is 0 Å². The Balaban J connectivity index is 1.83. The summed E-state index contributed by atoms with van der Waals surface area (Å²) in [7, 11) is 0. The van der Waals surface area contributed by atoms with E-state index in [0.29, 0.717) is 30.7 Å². The largest absolute Gasteiger partial charge is 0.508 e. The van der Waals surface area contributed by atoms with Crippen molar-refractivity contribution < 1.29 is 10.2 Å². The molecular formula is C15H22BrNO2. The number of benzene rings is 1. The average Bonchev–Trinajstić information content (AvgIpc) is 2.43. The maximum Gasteiger partial charge on any atom is 0.120 e. The van der Waals surface area contributed by atoms with E-state index in [-0.39, 0.29) is 0 Å². The maximum atomic E-state index is 9.77. The van der Waals surface area contributed by atoms with E-state index >= 15 is 0 Å². The van der Waals surface area contributed by atoms with E-state index in [1.165, 1.54) is 19.3 Å². The third kappa shape index (κ3) is 4.20. The number of halogens is 1. The molecule has 1 aromatic rings. The molecular weight excluding hydrogens is 306 g/mol. The predicted molar refractivity (Wildman–Crippen MR) is 80.0 cm³/mol. The SMILES string of the molecule is OCC1CCCCC1CNCc1cc(Br)ccc1O. The van der Waals surface area contributed by atoms with E-state index in [1.807, 2.05) is 12.1 Å². The van der Waals surface area contributed by atoms with Gasteiger partial charge in [0.05, 0.1) is 0 Å². The normalized spacial score (nSPS) is 23.5. The second kappa shape index (κ2) is 7.27. The minimum absolute atomic E-state index is 0.300. The van der Waals surface area contributed by atoms with Gasteiger partial charge in [-0.05, 0) is 49.4 Å². The Morgan fingerprint density at radius 1 is 1.21 bits per heavy atom. The van der Waals surface area contributed by atoms with Crippen LogP contribution in [0.1, 0.15) is 31.2 Å². The lowest BCUT2D eigenvalue weighted by molar-refractivity contribution is 0.133. The number of aromatic hydroxyl groups is 1. The third-order valence-corrected chi connectivity index (χ3v) is 4.56. The van der Waals surface area contributed by atoms with Gasteiger partial charge < -0.3 is 15.5 Å². The first kappa shape index (κ1) is 14.8. The number of nitrogens with one attached hydrogen (secondary N) is 1. The monoisotopic (exact) mass is 327 g/mol. The number of aliphatic hydroxyl groups is 1. The van der Waals surface area contributed by atoms with Crippen LogP contribution in [0.2, 0.25) is 0 Å². The lowest BCUT2D eigenvalue weighted by Crippen LogP contribution is -2.32. The zero-order valence-electron chi connectivity index (χ0n) is 11.1. The highest BCUT2D eigenvalue weighted by Gasteiger charge is 2.23. The molecule has 0 amide bonds. The summed E-state index contributed by atoms with van der Waals surface area (Å²) in [6.07, 6.45) is 4.85. The molecule has 2 atom stereocenters. The number of phenols is 1. The van der Waals surface area contributed by atoms with Crippen LogP contribution in [-0.2, 0) is 6.54 Å². The molecule has 1 saturated carbocycles. The molecule has 0 bridgehead atoms. The van der Waals surface area contributed by atoms with Crippen LogP contribution in [-0.4, -0.2) is 23.4 Å². The molecule has 1 aromatic carbocycles. The Labute approximate surface area is 123 Å². The molecule has 106 valence electrons. The smallest absolute Gasteiger partial charge is 0.120 e. The first-order valence-electron chi connectivity index (χ1n) is 6.99. The summed E-state index contributed by atoms with van der Waals surface area (Å²) < 4.78 is 0.980. The summed E-state index contributed by atoms with van der Waals surface area (Å²) in [6.45, 7) is 1.88. The van der Waals surface area contributed by atoms with Gasteiger partial charge in [-0.1, -0.05) is 28.8 Å². The van der Waals surface area contributed by atoms with Crippen molar-refractivity contribution in [2.24, 2.45) is 11.8 Å². The van der Waals surface area contributed by atoms with Crippen LogP contribution < -0.4 is 5.32 Å². The highest BCUT2D eigenvalue weighted by atomic mass is 79.9.